The normalized spacial score (nSPS) is 25.2. The molecular formula is C18H19FN2O. The van der Waals surface area contributed by atoms with Crippen LogP contribution in [0.5, 0.6) is 0 Å². The van der Waals surface area contributed by atoms with Gasteiger partial charge in [-0.1, -0.05) is 17.0 Å². The minimum atomic E-state index is -0.248. The van der Waals surface area contributed by atoms with E-state index in [4.69, 9.17) is 4.84 Å². The third-order valence-electron chi connectivity index (χ3n) is 4.02. The van der Waals surface area contributed by atoms with Gasteiger partial charge in [-0.25, -0.2) is 4.39 Å². The molecular weight excluding hydrogens is 279 g/mol. The first-order valence-corrected chi connectivity index (χ1v) is 7.56. The van der Waals surface area contributed by atoms with Crippen molar-refractivity contribution >= 4 is 5.71 Å². The Balaban J connectivity index is 1.48. The molecule has 1 aromatic carbocycles. The van der Waals surface area contributed by atoms with Gasteiger partial charge < -0.3 is 4.84 Å². The van der Waals surface area contributed by atoms with Crippen LogP contribution in [-0.2, 0) is 4.84 Å². The smallest absolute Gasteiger partial charge is 0.136 e. The van der Waals surface area contributed by atoms with E-state index in [9.17, 15) is 4.39 Å². The van der Waals surface area contributed by atoms with E-state index in [0.29, 0.717) is 12.5 Å². The summed E-state index contributed by atoms with van der Waals surface area (Å²) in [5.41, 5.74) is 2.89. The first-order valence-electron chi connectivity index (χ1n) is 7.56. The van der Waals surface area contributed by atoms with E-state index in [2.05, 4.69) is 21.9 Å². The first kappa shape index (κ1) is 14.8. The summed E-state index contributed by atoms with van der Waals surface area (Å²) in [6.07, 6.45) is 3.12. The highest BCUT2D eigenvalue weighted by molar-refractivity contribution is 5.91. The molecule has 4 heteroatoms. The summed E-state index contributed by atoms with van der Waals surface area (Å²) in [5, 5.41) is 4.25. The van der Waals surface area contributed by atoms with Gasteiger partial charge in [0.05, 0.1) is 5.71 Å². The molecule has 3 rings (SSSR count). The Morgan fingerprint density at radius 1 is 1.45 bits per heavy atom. The minimum absolute atomic E-state index is 0.248. The molecule has 2 unspecified atom stereocenters. The molecule has 2 bridgehead atoms. The maximum absolute atomic E-state index is 12.8. The van der Waals surface area contributed by atoms with Crippen LogP contribution in [0.15, 0.2) is 41.1 Å². The zero-order valence-corrected chi connectivity index (χ0v) is 12.7. The summed E-state index contributed by atoms with van der Waals surface area (Å²) >= 11 is 0. The van der Waals surface area contributed by atoms with Gasteiger partial charge in [-0.15, -0.1) is 0 Å². The fourth-order valence-corrected chi connectivity index (χ4v) is 2.75. The molecule has 2 fully saturated rings. The molecule has 2 saturated heterocycles. The third-order valence-corrected chi connectivity index (χ3v) is 4.02. The molecule has 0 aromatic heterocycles. The van der Waals surface area contributed by atoms with Crippen LogP contribution in [0.4, 0.5) is 4.39 Å². The van der Waals surface area contributed by atoms with E-state index in [1.165, 1.54) is 30.8 Å². The zero-order chi connectivity index (χ0) is 15.4. The van der Waals surface area contributed by atoms with E-state index >= 15 is 0 Å². The molecule has 2 aliphatic rings. The van der Waals surface area contributed by atoms with E-state index in [-0.39, 0.29) is 5.82 Å². The second kappa shape index (κ2) is 6.76. The summed E-state index contributed by atoms with van der Waals surface area (Å²) in [5.74, 6) is 6.37. The predicted molar refractivity (Wildman–Crippen MR) is 85.0 cm³/mol. The summed E-state index contributed by atoms with van der Waals surface area (Å²) < 4.78 is 12.8. The van der Waals surface area contributed by atoms with Crippen LogP contribution >= 0.6 is 0 Å². The molecule has 114 valence electrons. The van der Waals surface area contributed by atoms with Crippen LogP contribution in [-0.4, -0.2) is 36.9 Å². The van der Waals surface area contributed by atoms with Gasteiger partial charge in [-0.05, 0) is 55.8 Å². The molecule has 2 atom stereocenters. The van der Waals surface area contributed by atoms with Gasteiger partial charge in [0.1, 0.15) is 12.4 Å². The Morgan fingerprint density at radius 3 is 2.95 bits per heavy atom. The quantitative estimate of drug-likeness (QED) is 0.487. The lowest BCUT2D eigenvalue weighted by atomic mass is 10.0. The van der Waals surface area contributed by atoms with Crippen molar-refractivity contribution < 1.29 is 9.23 Å². The van der Waals surface area contributed by atoms with Crippen molar-refractivity contribution in [1.29, 1.82) is 0 Å². The standard InChI is InChI=1S/C18H19FN2O/c1-14(2-3-15-4-6-17(19)7-5-15)9-11-22-20-18-13-21-10-8-16(18)12-21/h4-7,9,16H,8,10-13H2,1H3/b14-9+,20-18-. The average molecular weight is 298 g/mol. The summed E-state index contributed by atoms with van der Waals surface area (Å²) in [7, 11) is 0. The molecule has 3 nitrogen and oxygen atoms in total. The average Bonchev–Trinajstić information content (AvgIpc) is 3.14. The Hall–Kier alpha value is -2.12. The molecule has 0 amide bonds. The fraction of sp³-hybridized carbons (Fsp3) is 0.389. The van der Waals surface area contributed by atoms with Gasteiger partial charge in [0.2, 0.25) is 0 Å². The number of piperidine rings is 1. The highest BCUT2D eigenvalue weighted by Crippen LogP contribution is 2.25. The lowest BCUT2D eigenvalue weighted by molar-refractivity contribution is 0.171. The molecule has 2 heterocycles. The van der Waals surface area contributed by atoms with E-state index in [0.717, 1.165) is 24.2 Å². The molecule has 22 heavy (non-hydrogen) atoms. The number of nitrogens with zero attached hydrogens (tertiary/aromatic N) is 2. The van der Waals surface area contributed by atoms with Crippen molar-refractivity contribution in [2.45, 2.75) is 13.3 Å². The van der Waals surface area contributed by atoms with Crippen LogP contribution in [0.3, 0.4) is 0 Å². The van der Waals surface area contributed by atoms with Crippen LogP contribution in [0, 0.1) is 23.6 Å². The number of rotatable bonds is 3. The number of oxime groups is 1. The Bertz CT molecular complexity index is 652. The molecule has 0 saturated carbocycles. The van der Waals surface area contributed by atoms with Crippen molar-refractivity contribution in [3.63, 3.8) is 0 Å². The lowest BCUT2D eigenvalue weighted by Gasteiger charge is -2.12. The molecule has 2 aliphatic heterocycles. The maximum atomic E-state index is 12.8. The maximum Gasteiger partial charge on any atom is 0.136 e. The largest absolute Gasteiger partial charge is 0.392 e. The predicted octanol–water partition coefficient (Wildman–Crippen LogP) is 2.83. The summed E-state index contributed by atoms with van der Waals surface area (Å²) in [6, 6.07) is 6.16. The number of benzene rings is 1. The Labute approximate surface area is 130 Å². The topological polar surface area (TPSA) is 24.8 Å². The van der Waals surface area contributed by atoms with Crippen molar-refractivity contribution in [2.24, 2.45) is 11.1 Å². The molecule has 0 N–H and O–H groups in total. The molecule has 1 aromatic rings. The van der Waals surface area contributed by atoms with Crippen molar-refractivity contribution in [1.82, 2.24) is 4.90 Å². The van der Waals surface area contributed by atoms with E-state index in [1.807, 2.05) is 13.0 Å². The second-order valence-corrected chi connectivity index (χ2v) is 5.74. The number of hydrogen-bond donors (Lipinski definition) is 0. The van der Waals surface area contributed by atoms with Crippen molar-refractivity contribution in [3.05, 3.63) is 47.3 Å². The van der Waals surface area contributed by atoms with Crippen LogP contribution in [0.2, 0.25) is 0 Å². The second-order valence-electron chi connectivity index (χ2n) is 5.74. The van der Waals surface area contributed by atoms with Gasteiger partial charge in [-0.3, -0.25) is 4.90 Å². The number of halogens is 1. The Morgan fingerprint density at radius 2 is 2.27 bits per heavy atom. The Kier molecular flexibility index (Phi) is 4.55. The van der Waals surface area contributed by atoms with Gasteiger partial charge >= 0.3 is 0 Å². The van der Waals surface area contributed by atoms with Crippen LogP contribution in [0.25, 0.3) is 0 Å². The zero-order valence-electron chi connectivity index (χ0n) is 12.7. The fourth-order valence-electron chi connectivity index (χ4n) is 2.75. The van der Waals surface area contributed by atoms with Crippen molar-refractivity contribution in [3.8, 4) is 11.8 Å². The SMILES string of the molecule is C/C(C#Cc1ccc(F)cc1)=C\CO/N=C1/CN2CCC1C2. The van der Waals surface area contributed by atoms with Crippen LogP contribution in [0.1, 0.15) is 18.9 Å². The molecule has 0 aliphatic carbocycles. The molecule has 0 spiro atoms. The third kappa shape index (κ3) is 3.75. The van der Waals surface area contributed by atoms with Crippen LogP contribution < -0.4 is 0 Å². The molecule has 0 radical (unpaired) electrons. The first-order chi connectivity index (χ1) is 10.7. The van der Waals surface area contributed by atoms with Gasteiger partial charge in [0.15, 0.2) is 0 Å². The lowest BCUT2D eigenvalue weighted by Crippen LogP contribution is -2.23. The van der Waals surface area contributed by atoms with Crippen molar-refractivity contribution in [2.75, 3.05) is 26.2 Å². The number of fused-ring (bicyclic) bond motifs is 2. The minimum Gasteiger partial charge on any atom is -0.392 e. The number of hydrogen-bond acceptors (Lipinski definition) is 3. The van der Waals surface area contributed by atoms with E-state index < -0.39 is 0 Å². The number of allylic oxidation sites excluding steroid dienone is 1. The highest BCUT2D eigenvalue weighted by Gasteiger charge is 2.35. The summed E-state index contributed by atoms with van der Waals surface area (Å²) in [4.78, 5) is 7.78. The van der Waals surface area contributed by atoms with Gasteiger partial charge in [-0.2, -0.15) is 0 Å². The van der Waals surface area contributed by atoms with Gasteiger partial charge in [0, 0.05) is 24.6 Å². The highest BCUT2D eigenvalue weighted by atomic mass is 19.1. The van der Waals surface area contributed by atoms with Gasteiger partial charge in [0.25, 0.3) is 0 Å². The summed E-state index contributed by atoms with van der Waals surface area (Å²) in [6.45, 7) is 5.65. The van der Waals surface area contributed by atoms with E-state index in [1.54, 1.807) is 12.1 Å². The monoisotopic (exact) mass is 298 g/mol.